The van der Waals surface area contributed by atoms with Crippen LogP contribution < -0.4 is 4.90 Å². The number of hydrogen-bond acceptors (Lipinski definition) is 4. The Morgan fingerprint density at radius 3 is 1.74 bits per heavy atom. The number of nitrogens with zero attached hydrogens (tertiary/aromatic N) is 4. The van der Waals surface area contributed by atoms with E-state index in [4.69, 9.17) is 14.4 Å². The third-order valence-corrected chi connectivity index (χ3v) is 13.7. The van der Waals surface area contributed by atoms with Gasteiger partial charge in [0.15, 0.2) is 5.82 Å². The first kappa shape index (κ1) is 40.9. The second-order valence-corrected chi connectivity index (χ2v) is 17.9. The average molecular weight is 897 g/mol. The highest BCUT2D eigenvalue weighted by Crippen LogP contribution is 2.43. The zero-order valence-corrected chi connectivity index (χ0v) is 38.4. The van der Waals surface area contributed by atoms with Gasteiger partial charge in [-0.15, -0.1) is 0 Å². The third kappa shape index (κ3) is 6.94. The summed E-state index contributed by atoms with van der Waals surface area (Å²) in [5, 5.41) is 4.40. The van der Waals surface area contributed by atoms with E-state index in [-0.39, 0.29) is 0 Å². The van der Waals surface area contributed by atoms with Gasteiger partial charge in [0.1, 0.15) is 11.2 Å². The van der Waals surface area contributed by atoms with Crippen LogP contribution in [0.15, 0.2) is 248 Å². The Balaban J connectivity index is 0.986. The normalized spacial score (nSPS) is 13.9. The molecule has 1 aliphatic heterocycles. The molecule has 4 heterocycles. The summed E-state index contributed by atoms with van der Waals surface area (Å²) in [7, 11) is 0. The van der Waals surface area contributed by atoms with Crippen LogP contribution in [0.3, 0.4) is 0 Å². The highest BCUT2D eigenvalue weighted by Gasteiger charge is 2.22. The zero-order valence-electron chi connectivity index (χ0n) is 38.4. The largest absolute Gasteiger partial charge is 0.456 e. The summed E-state index contributed by atoms with van der Waals surface area (Å²) in [4.78, 5) is 12.8. The van der Waals surface area contributed by atoms with E-state index in [0.29, 0.717) is 5.82 Å². The van der Waals surface area contributed by atoms with Gasteiger partial charge in [-0.2, -0.15) is 0 Å². The SMILES string of the molecule is C=C1/C=C\C(c2ccc3c(c2)c2cc(-c4ccc5oc6cccc(-c7nc(-c8ccccc8)nc(-c8ccccc8)c7C)c6c5c4)ccc2n3-c2ccccc2)=C/N(c2ccccc2)c2ccccc21. The standard InChI is InChI=1S/C65H44N4O/c1-42-30-31-49(41-68(50-22-11-5-12-23-50)57-28-16-15-26-52(42)57)48-33-36-59-55(39-48)54-38-46(32-35-58(54)69(59)51-24-13-6-14-25-51)47-34-37-60-56(40-47)62-53(27-17-29-61(62)70-60)64-43(2)63(44-18-7-3-8-19-44)66-65(67-64)45-20-9-4-10-21-45/h3-41H,1H2,2H3/b31-30-,49-41+. The molecule has 5 heteroatoms. The van der Waals surface area contributed by atoms with Crippen molar-refractivity contribution in [1.82, 2.24) is 14.5 Å². The fourth-order valence-corrected chi connectivity index (χ4v) is 10.3. The second kappa shape index (κ2) is 16.8. The molecule has 0 atom stereocenters. The zero-order chi connectivity index (χ0) is 46.7. The Bertz CT molecular complexity index is 4070. The smallest absolute Gasteiger partial charge is 0.160 e. The molecule has 330 valence electrons. The van der Waals surface area contributed by atoms with Crippen LogP contribution in [-0.4, -0.2) is 14.5 Å². The van der Waals surface area contributed by atoms with Gasteiger partial charge in [0.25, 0.3) is 0 Å². The lowest BCUT2D eigenvalue weighted by Crippen LogP contribution is -2.12. The molecule has 0 amide bonds. The van der Waals surface area contributed by atoms with E-state index in [9.17, 15) is 0 Å². The van der Waals surface area contributed by atoms with Gasteiger partial charge in [-0.05, 0) is 108 Å². The maximum absolute atomic E-state index is 6.64. The first-order chi connectivity index (χ1) is 34.5. The minimum absolute atomic E-state index is 0.683. The molecular weight excluding hydrogens is 853 g/mol. The van der Waals surface area contributed by atoms with E-state index in [0.717, 1.165) is 117 Å². The molecule has 0 radical (unpaired) electrons. The number of benzene rings is 9. The molecule has 3 aromatic heterocycles. The molecule has 70 heavy (non-hydrogen) atoms. The molecule has 1 aliphatic rings. The van der Waals surface area contributed by atoms with Crippen molar-refractivity contribution in [2.24, 2.45) is 0 Å². The monoisotopic (exact) mass is 896 g/mol. The molecule has 0 unspecified atom stereocenters. The van der Waals surface area contributed by atoms with Crippen molar-refractivity contribution in [2.45, 2.75) is 6.92 Å². The average Bonchev–Trinajstić information content (AvgIpc) is 3.96. The van der Waals surface area contributed by atoms with Crippen molar-refractivity contribution < 1.29 is 4.42 Å². The number of rotatable bonds is 7. The highest BCUT2D eigenvalue weighted by atomic mass is 16.3. The lowest BCUT2D eigenvalue weighted by Gasteiger charge is -2.26. The van der Waals surface area contributed by atoms with Crippen molar-refractivity contribution in [3.63, 3.8) is 0 Å². The van der Waals surface area contributed by atoms with Gasteiger partial charge in [-0.25, -0.2) is 9.97 Å². The number of hydrogen-bond donors (Lipinski definition) is 0. The molecule has 0 saturated heterocycles. The number of fused-ring (bicyclic) bond motifs is 7. The molecule has 9 aromatic carbocycles. The van der Waals surface area contributed by atoms with Gasteiger partial charge >= 0.3 is 0 Å². The van der Waals surface area contributed by atoms with Gasteiger partial charge in [-0.3, -0.25) is 0 Å². The van der Waals surface area contributed by atoms with Gasteiger partial charge in [0.05, 0.1) is 28.1 Å². The van der Waals surface area contributed by atoms with Crippen LogP contribution in [0.2, 0.25) is 0 Å². The summed E-state index contributed by atoms with van der Waals surface area (Å²) in [6, 6.07) is 76.9. The van der Waals surface area contributed by atoms with Crippen LogP contribution in [-0.2, 0) is 0 Å². The number of allylic oxidation sites excluding steroid dienone is 4. The molecule has 0 spiro atoms. The summed E-state index contributed by atoms with van der Waals surface area (Å²) in [6.45, 7) is 6.64. The van der Waals surface area contributed by atoms with Crippen LogP contribution in [0.4, 0.5) is 11.4 Å². The fourth-order valence-electron chi connectivity index (χ4n) is 10.3. The molecule has 12 aromatic rings. The van der Waals surface area contributed by atoms with Crippen LogP contribution in [0.5, 0.6) is 0 Å². The number of furan rings is 1. The molecule has 13 rings (SSSR count). The Morgan fingerprint density at radius 2 is 1.01 bits per heavy atom. The van der Waals surface area contributed by atoms with Crippen molar-refractivity contribution in [3.8, 4) is 50.7 Å². The van der Waals surface area contributed by atoms with Crippen LogP contribution >= 0.6 is 0 Å². The predicted molar refractivity (Wildman–Crippen MR) is 291 cm³/mol. The van der Waals surface area contributed by atoms with Crippen molar-refractivity contribution >= 4 is 66.3 Å². The predicted octanol–water partition coefficient (Wildman–Crippen LogP) is 17.2. The summed E-state index contributed by atoms with van der Waals surface area (Å²) >= 11 is 0. The van der Waals surface area contributed by atoms with E-state index < -0.39 is 0 Å². The third-order valence-electron chi connectivity index (χ3n) is 13.7. The summed E-state index contributed by atoms with van der Waals surface area (Å²) in [5.41, 5.74) is 19.5. The number of anilines is 2. The van der Waals surface area contributed by atoms with Crippen molar-refractivity contribution in [3.05, 3.63) is 260 Å². The molecule has 0 N–H and O–H groups in total. The van der Waals surface area contributed by atoms with E-state index in [1.165, 1.54) is 10.8 Å². The molecule has 0 saturated carbocycles. The van der Waals surface area contributed by atoms with E-state index in [1.54, 1.807) is 0 Å². The minimum Gasteiger partial charge on any atom is -0.456 e. The molecular formula is C65H44N4O. The lowest BCUT2D eigenvalue weighted by molar-refractivity contribution is 0.669. The van der Waals surface area contributed by atoms with E-state index >= 15 is 0 Å². The van der Waals surface area contributed by atoms with Gasteiger partial charge in [0, 0.05) is 66.9 Å². The van der Waals surface area contributed by atoms with E-state index in [2.05, 4.69) is 235 Å². The Morgan fingerprint density at radius 1 is 0.443 bits per heavy atom. The first-order valence-corrected chi connectivity index (χ1v) is 23.7. The van der Waals surface area contributed by atoms with Crippen LogP contribution in [0.25, 0.3) is 106 Å². The highest BCUT2D eigenvalue weighted by molar-refractivity contribution is 6.15. The summed E-state index contributed by atoms with van der Waals surface area (Å²) in [5.74, 6) is 0.683. The Labute approximate surface area is 405 Å². The number of para-hydroxylation sites is 3. The quantitative estimate of drug-likeness (QED) is 0.160. The Hall–Kier alpha value is -9.32. The molecule has 5 nitrogen and oxygen atoms in total. The fraction of sp³-hybridized carbons (Fsp3) is 0.0154. The van der Waals surface area contributed by atoms with Gasteiger partial charge in [-0.1, -0.05) is 164 Å². The lowest BCUT2D eigenvalue weighted by atomic mass is 9.95. The van der Waals surface area contributed by atoms with Crippen LogP contribution in [0, 0.1) is 6.92 Å². The summed E-state index contributed by atoms with van der Waals surface area (Å²) < 4.78 is 9.02. The topological polar surface area (TPSA) is 47.1 Å². The Kier molecular flexibility index (Phi) is 9.80. The minimum atomic E-state index is 0.683. The van der Waals surface area contributed by atoms with Crippen LogP contribution in [0.1, 0.15) is 16.7 Å². The molecule has 0 fully saturated rings. The second-order valence-electron chi connectivity index (χ2n) is 17.9. The number of aromatic nitrogens is 3. The maximum Gasteiger partial charge on any atom is 0.160 e. The molecule has 0 aliphatic carbocycles. The van der Waals surface area contributed by atoms with E-state index in [1.807, 2.05) is 24.3 Å². The first-order valence-electron chi connectivity index (χ1n) is 23.7. The maximum atomic E-state index is 6.64. The van der Waals surface area contributed by atoms with Gasteiger partial charge < -0.3 is 13.9 Å². The van der Waals surface area contributed by atoms with Crippen molar-refractivity contribution in [1.29, 1.82) is 0 Å². The molecule has 0 bridgehead atoms. The van der Waals surface area contributed by atoms with Crippen molar-refractivity contribution in [2.75, 3.05) is 4.90 Å². The van der Waals surface area contributed by atoms with Gasteiger partial charge in [0.2, 0.25) is 0 Å². The summed E-state index contributed by atoms with van der Waals surface area (Å²) in [6.07, 6.45) is 6.59.